The Morgan fingerprint density at radius 1 is 1.44 bits per heavy atom. The lowest BCUT2D eigenvalue weighted by Gasteiger charge is -2.19. The fourth-order valence-electron chi connectivity index (χ4n) is 1.06. The summed E-state index contributed by atoms with van der Waals surface area (Å²) in [7, 11) is 0. The summed E-state index contributed by atoms with van der Waals surface area (Å²) in [4.78, 5) is 22.2. The van der Waals surface area contributed by atoms with Gasteiger partial charge in [-0.25, -0.2) is 18.5 Å². The summed E-state index contributed by atoms with van der Waals surface area (Å²) in [5.74, 6) is -2.20. The third kappa shape index (κ3) is 2.82. The maximum atomic E-state index is 12.8. The zero-order valence-corrected chi connectivity index (χ0v) is 9.15. The van der Waals surface area contributed by atoms with Crippen molar-refractivity contribution in [2.45, 2.75) is 26.4 Å². The van der Waals surface area contributed by atoms with Gasteiger partial charge in [-0.1, -0.05) is 0 Å². The smallest absolute Gasteiger partial charge is 0.419 e. The molecule has 0 saturated carbocycles. The minimum atomic E-state index is -1.39. The number of carboxylic acid groups (broad SMARTS) is 1. The van der Waals surface area contributed by atoms with E-state index in [1.807, 2.05) is 0 Å². The highest BCUT2D eigenvalue weighted by Gasteiger charge is 2.23. The molecule has 0 fully saturated rings. The molecule has 0 aliphatic rings. The molecule has 0 spiro atoms. The maximum Gasteiger partial charge on any atom is 0.419 e. The molecule has 0 bridgehead atoms. The van der Waals surface area contributed by atoms with Crippen LogP contribution >= 0.6 is 0 Å². The van der Waals surface area contributed by atoms with Gasteiger partial charge in [-0.2, -0.15) is 0 Å². The van der Waals surface area contributed by atoms with Crippen LogP contribution < -0.4 is 0 Å². The van der Waals surface area contributed by atoms with E-state index < -0.39 is 29.2 Å². The number of hydrogen-bond donors (Lipinski definition) is 1. The molecule has 1 rings (SSSR count). The van der Waals surface area contributed by atoms with E-state index in [1.54, 1.807) is 20.8 Å². The fraction of sp³-hybridized carbons (Fsp3) is 0.400. The number of carboxylic acids is 1. The molecule has 0 unspecified atom stereocenters. The van der Waals surface area contributed by atoms with Crippen LogP contribution in [-0.2, 0) is 4.74 Å². The SMILES string of the molecule is CC(C)(C)OC(=O)n1cc(F)cc1C(=O)O. The van der Waals surface area contributed by atoms with Gasteiger partial charge in [-0.05, 0) is 20.8 Å². The number of aromatic nitrogens is 1. The van der Waals surface area contributed by atoms with Crippen molar-refractivity contribution in [2.75, 3.05) is 0 Å². The molecule has 1 heterocycles. The zero-order valence-electron chi connectivity index (χ0n) is 9.15. The van der Waals surface area contributed by atoms with Crippen LogP contribution in [-0.4, -0.2) is 27.3 Å². The Labute approximate surface area is 91.4 Å². The van der Waals surface area contributed by atoms with Crippen LogP contribution in [0.15, 0.2) is 12.3 Å². The van der Waals surface area contributed by atoms with Crippen molar-refractivity contribution in [3.8, 4) is 0 Å². The first-order valence-electron chi connectivity index (χ1n) is 4.55. The average Bonchev–Trinajstić information content (AvgIpc) is 2.44. The summed E-state index contributed by atoms with van der Waals surface area (Å²) in [5, 5.41) is 8.73. The Hall–Kier alpha value is -1.85. The van der Waals surface area contributed by atoms with Crippen LogP contribution in [0.4, 0.5) is 9.18 Å². The molecule has 0 radical (unpaired) electrons. The molecule has 1 N–H and O–H groups in total. The van der Waals surface area contributed by atoms with Gasteiger partial charge in [-0.15, -0.1) is 0 Å². The van der Waals surface area contributed by atoms with Crippen LogP contribution in [0.25, 0.3) is 0 Å². The van der Waals surface area contributed by atoms with Crippen molar-refractivity contribution < 1.29 is 23.8 Å². The second-order valence-electron chi connectivity index (χ2n) is 4.20. The summed E-state index contributed by atoms with van der Waals surface area (Å²) in [6.07, 6.45) is -0.147. The monoisotopic (exact) mass is 229 g/mol. The summed E-state index contributed by atoms with van der Waals surface area (Å²) < 4.78 is 18.4. The first-order chi connectivity index (χ1) is 7.20. The summed E-state index contributed by atoms with van der Waals surface area (Å²) in [5.41, 5.74) is -1.24. The van der Waals surface area contributed by atoms with Gasteiger partial charge in [0.25, 0.3) is 0 Å². The van der Waals surface area contributed by atoms with Crippen LogP contribution in [0.3, 0.4) is 0 Å². The van der Waals surface area contributed by atoms with Crippen molar-refractivity contribution in [3.05, 3.63) is 23.8 Å². The largest absolute Gasteiger partial charge is 0.477 e. The molecule has 88 valence electrons. The second kappa shape index (κ2) is 3.96. The van der Waals surface area contributed by atoms with Crippen molar-refractivity contribution in [1.82, 2.24) is 4.57 Å². The predicted molar refractivity (Wildman–Crippen MR) is 53.0 cm³/mol. The van der Waals surface area contributed by atoms with Crippen LogP contribution in [0.5, 0.6) is 0 Å². The Kier molecular flexibility index (Phi) is 3.02. The Bertz CT molecular complexity index is 431. The molecular weight excluding hydrogens is 217 g/mol. The lowest BCUT2D eigenvalue weighted by molar-refractivity contribution is 0.0505. The zero-order chi connectivity index (χ0) is 12.5. The Balaban J connectivity index is 3.04. The van der Waals surface area contributed by atoms with Crippen molar-refractivity contribution >= 4 is 12.1 Å². The van der Waals surface area contributed by atoms with Gasteiger partial charge in [0.1, 0.15) is 17.1 Å². The number of aromatic carboxylic acids is 1. The predicted octanol–water partition coefficient (Wildman–Crippen LogP) is 2.11. The normalized spacial score (nSPS) is 11.2. The second-order valence-corrected chi connectivity index (χ2v) is 4.20. The van der Waals surface area contributed by atoms with Crippen molar-refractivity contribution in [1.29, 1.82) is 0 Å². The van der Waals surface area contributed by atoms with Crippen LogP contribution in [0.2, 0.25) is 0 Å². The molecule has 0 saturated heterocycles. The number of halogens is 1. The summed E-state index contributed by atoms with van der Waals surface area (Å²) in [6, 6.07) is 0.756. The van der Waals surface area contributed by atoms with E-state index >= 15 is 0 Å². The van der Waals surface area contributed by atoms with E-state index in [0.29, 0.717) is 4.57 Å². The molecule has 5 nitrogen and oxygen atoms in total. The molecule has 1 aromatic heterocycles. The molecule has 6 heteroatoms. The van der Waals surface area contributed by atoms with Gasteiger partial charge in [0.05, 0.1) is 6.20 Å². The van der Waals surface area contributed by atoms with Crippen molar-refractivity contribution in [2.24, 2.45) is 0 Å². The van der Waals surface area contributed by atoms with E-state index in [9.17, 15) is 14.0 Å². The third-order valence-corrected chi connectivity index (χ3v) is 1.60. The van der Waals surface area contributed by atoms with Gasteiger partial charge in [-0.3, -0.25) is 0 Å². The van der Waals surface area contributed by atoms with E-state index in [1.165, 1.54) is 0 Å². The number of rotatable bonds is 1. The number of ether oxygens (including phenoxy) is 1. The highest BCUT2D eigenvalue weighted by molar-refractivity contribution is 5.90. The van der Waals surface area contributed by atoms with Gasteiger partial charge in [0, 0.05) is 6.07 Å². The van der Waals surface area contributed by atoms with Crippen LogP contribution in [0, 0.1) is 5.82 Å². The lowest BCUT2D eigenvalue weighted by atomic mass is 10.2. The molecule has 16 heavy (non-hydrogen) atoms. The summed E-state index contributed by atoms with van der Waals surface area (Å²) >= 11 is 0. The van der Waals surface area contributed by atoms with Crippen molar-refractivity contribution in [3.63, 3.8) is 0 Å². The number of carbonyl (C=O) groups is 2. The van der Waals surface area contributed by atoms with E-state index in [2.05, 4.69) is 0 Å². The van der Waals surface area contributed by atoms with E-state index in [0.717, 1.165) is 12.3 Å². The third-order valence-electron chi connectivity index (χ3n) is 1.60. The molecule has 0 aliphatic heterocycles. The minimum absolute atomic E-state index is 0.466. The molecular formula is C10H12FNO4. The first-order valence-corrected chi connectivity index (χ1v) is 4.55. The maximum absolute atomic E-state index is 12.8. The van der Waals surface area contributed by atoms with Gasteiger partial charge < -0.3 is 9.84 Å². The molecule has 0 amide bonds. The Morgan fingerprint density at radius 2 is 2.00 bits per heavy atom. The standard InChI is InChI=1S/C10H12FNO4/c1-10(2,3)16-9(15)12-5-6(11)4-7(12)8(13)14/h4-5H,1-3H3,(H,13,14). The van der Waals surface area contributed by atoms with Crippen LogP contribution in [0.1, 0.15) is 31.3 Å². The highest BCUT2D eigenvalue weighted by atomic mass is 19.1. The summed E-state index contributed by atoms with van der Waals surface area (Å²) in [6.45, 7) is 4.89. The number of hydrogen-bond acceptors (Lipinski definition) is 3. The quantitative estimate of drug-likeness (QED) is 0.800. The van der Waals surface area contributed by atoms with E-state index in [-0.39, 0.29) is 0 Å². The van der Waals surface area contributed by atoms with Gasteiger partial charge in [0.2, 0.25) is 0 Å². The molecule has 0 aromatic carbocycles. The minimum Gasteiger partial charge on any atom is -0.477 e. The average molecular weight is 229 g/mol. The molecule has 0 atom stereocenters. The topological polar surface area (TPSA) is 68.5 Å². The lowest BCUT2D eigenvalue weighted by Crippen LogP contribution is -2.28. The first kappa shape index (κ1) is 12.2. The van der Waals surface area contributed by atoms with Gasteiger partial charge in [0.15, 0.2) is 0 Å². The molecule has 1 aromatic rings. The fourth-order valence-corrected chi connectivity index (χ4v) is 1.06. The molecule has 0 aliphatic carbocycles. The van der Waals surface area contributed by atoms with Gasteiger partial charge >= 0.3 is 12.1 Å². The highest BCUT2D eigenvalue weighted by Crippen LogP contribution is 2.13. The number of carbonyl (C=O) groups excluding carboxylic acids is 1. The number of nitrogens with zero attached hydrogens (tertiary/aromatic N) is 1. The van der Waals surface area contributed by atoms with E-state index in [4.69, 9.17) is 9.84 Å². The Morgan fingerprint density at radius 3 is 2.44 bits per heavy atom.